The highest BCUT2D eigenvalue weighted by Gasteiger charge is 2.31. The standard InChI is InChI=1S/C36H31F3N2O6/c1-35(2,3)25-7-12-27(13-8-25)46-30-11-6-23-19-32(40-21-24(23)18-30)34(44)41-31(20-33(42)43)22-4-9-26(10-5-22)45-28-14-16-29(17-15-28)47-36(37,38)39/h4-19,21,31H,20H2,1-3H3,(H,41,44)(H,42,43). The second kappa shape index (κ2) is 13.4. The van der Waals surface area contributed by atoms with Crippen LogP contribution in [0.4, 0.5) is 13.2 Å². The first kappa shape index (κ1) is 32.8. The minimum Gasteiger partial charge on any atom is -0.481 e. The van der Waals surface area contributed by atoms with E-state index >= 15 is 0 Å². The number of benzene rings is 4. The van der Waals surface area contributed by atoms with Crippen LogP contribution in [0.2, 0.25) is 0 Å². The van der Waals surface area contributed by atoms with Crippen molar-refractivity contribution in [1.29, 1.82) is 0 Å². The Morgan fingerprint density at radius 1 is 0.745 bits per heavy atom. The van der Waals surface area contributed by atoms with Gasteiger partial charge in [0.25, 0.3) is 5.91 Å². The summed E-state index contributed by atoms with van der Waals surface area (Å²) in [5, 5.41) is 13.8. The lowest BCUT2D eigenvalue weighted by atomic mass is 9.87. The molecule has 0 fully saturated rings. The van der Waals surface area contributed by atoms with E-state index in [-0.39, 0.29) is 22.6 Å². The second-order valence-corrected chi connectivity index (χ2v) is 11.8. The van der Waals surface area contributed by atoms with Crippen molar-refractivity contribution in [3.05, 3.63) is 120 Å². The van der Waals surface area contributed by atoms with Crippen LogP contribution in [0.15, 0.2) is 103 Å². The molecule has 1 heterocycles. The molecule has 1 aromatic heterocycles. The number of carboxylic acids is 1. The number of hydrogen-bond donors (Lipinski definition) is 2. The van der Waals surface area contributed by atoms with Crippen LogP contribution in [0.3, 0.4) is 0 Å². The lowest BCUT2D eigenvalue weighted by Gasteiger charge is -2.19. The summed E-state index contributed by atoms with van der Waals surface area (Å²) >= 11 is 0. The van der Waals surface area contributed by atoms with E-state index in [1.165, 1.54) is 17.7 Å². The molecule has 0 aliphatic rings. The highest BCUT2D eigenvalue weighted by atomic mass is 19.4. The largest absolute Gasteiger partial charge is 0.573 e. The summed E-state index contributed by atoms with van der Waals surface area (Å²) in [6.07, 6.45) is -3.64. The molecule has 5 rings (SSSR count). The lowest BCUT2D eigenvalue weighted by molar-refractivity contribution is -0.274. The van der Waals surface area contributed by atoms with Gasteiger partial charge in [-0.1, -0.05) is 51.1 Å². The molecule has 0 spiro atoms. The normalized spacial score (nSPS) is 12.3. The van der Waals surface area contributed by atoms with Gasteiger partial charge in [-0.3, -0.25) is 14.6 Å². The van der Waals surface area contributed by atoms with Crippen LogP contribution < -0.4 is 19.5 Å². The highest BCUT2D eigenvalue weighted by molar-refractivity contribution is 5.97. The quantitative estimate of drug-likeness (QED) is 0.156. The molecule has 0 saturated carbocycles. The van der Waals surface area contributed by atoms with Crippen LogP contribution in [0.25, 0.3) is 10.8 Å². The van der Waals surface area contributed by atoms with Gasteiger partial charge in [-0.05, 0) is 88.7 Å². The number of amides is 1. The van der Waals surface area contributed by atoms with Crippen molar-refractivity contribution < 1.29 is 42.1 Å². The summed E-state index contributed by atoms with van der Waals surface area (Å²) in [5.41, 5.74) is 1.84. The van der Waals surface area contributed by atoms with E-state index in [9.17, 15) is 27.9 Å². The number of ether oxygens (including phenoxy) is 3. The highest BCUT2D eigenvalue weighted by Crippen LogP contribution is 2.31. The number of carbonyl (C=O) groups is 2. The number of aromatic nitrogens is 1. The molecule has 0 aliphatic heterocycles. The van der Waals surface area contributed by atoms with E-state index in [0.717, 1.165) is 22.9 Å². The molecular weight excluding hydrogens is 613 g/mol. The lowest BCUT2D eigenvalue weighted by Crippen LogP contribution is -2.30. The molecule has 0 aliphatic carbocycles. The summed E-state index contributed by atoms with van der Waals surface area (Å²) in [6.45, 7) is 6.43. The summed E-state index contributed by atoms with van der Waals surface area (Å²) in [6, 6.07) is 25.3. The van der Waals surface area contributed by atoms with Crippen LogP contribution in [0.1, 0.15) is 54.8 Å². The third kappa shape index (κ3) is 9.00. The minimum absolute atomic E-state index is 0.0316. The molecule has 4 aromatic carbocycles. The summed E-state index contributed by atoms with van der Waals surface area (Å²) in [4.78, 5) is 29.1. The molecule has 0 saturated heterocycles. The average molecular weight is 645 g/mol. The predicted molar refractivity (Wildman–Crippen MR) is 169 cm³/mol. The Kier molecular flexibility index (Phi) is 9.36. The van der Waals surface area contributed by atoms with Crippen molar-refractivity contribution in [2.75, 3.05) is 0 Å². The van der Waals surface area contributed by atoms with Gasteiger partial charge in [0.1, 0.15) is 34.4 Å². The first-order valence-electron chi connectivity index (χ1n) is 14.6. The van der Waals surface area contributed by atoms with Gasteiger partial charge in [-0.25, -0.2) is 0 Å². The predicted octanol–water partition coefficient (Wildman–Crippen LogP) is 8.96. The SMILES string of the molecule is CC(C)(C)c1ccc(Oc2ccc3cc(C(=O)NC(CC(=O)O)c4ccc(Oc5ccc(OC(F)(F)F)cc5)cc4)ncc3c2)cc1. The number of fused-ring (bicyclic) bond motifs is 1. The number of nitrogens with zero attached hydrogens (tertiary/aromatic N) is 1. The summed E-state index contributed by atoms with van der Waals surface area (Å²) < 4.78 is 52.7. The van der Waals surface area contributed by atoms with Gasteiger partial charge in [0.05, 0.1) is 12.5 Å². The number of carboxylic acid groups (broad SMARTS) is 1. The molecule has 0 radical (unpaired) electrons. The van der Waals surface area contributed by atoms with Crippen molar-refractivity contribution >= 4 is 22.6 Å². The van der Waals surface area contributed by atoms with Crippen molar-refractivity contribution in [2.24, 2.45) is 0 Å². The number of carbonyl (C=O) groups excluding carboxylic acids is 1. The van der Waals surface area contributed by atoms with Crippen LogP contribution in [-0.4, -0.2) is 28.3 Å². The van der Waals surface area contributed by atoms with Crippen LogP contribution in [0, 0.1) is 0 Å². The zero-order valence-electron chi connectivity index (χ0n) is 25.7. The molecule has 2 N–H and O–H groups in total. The fraction of sp³-hybridized carbons (Fsp3) is 0.194. The first-order chi connectivity index (χ1) is 22.2. The molecule has 5 aromatic rings. The number of nitrogens with one attached hydrogen (secondary N) is 1. The van der Waals surface area contributed by atoms with E-state index in [4.69, 9.17) is 9.47 Å². The Morgan fingerprint density at radius 3 is 1.85 bits per heavy atom. The van der Waals surface area contributed by atoms with Crippen LogP contribution in [0.5, 0.6) is 28.7 Å². The molecule has 1 amide bonds. The first-order valence-corrected chi connectivity index (χ1v) is 14.6. The third-order valence-electron chi connectivity index (χ3n) is 7.14. The van der Waals surface area contributed by atoms with Crippen LogP contribution in [-0.2, 0) is 10.2 Å². The van der Waals surface area contributed by atoms with Crippen molar-refractivity contribution in [3.8, 4) is 28.7 Å². The number of pyridine rings is 1. The Bertz CT molecular complexity index is 1870. The Balaban J connectivity index is 1.25. The van der Waals surface area contributed by atoms with Gasteiger partial charge in [-0.15, -0.1) is 13.2 Å². The summed E-state index contributed by atoms with van der Waals surface area (Å²) in [7, 11) is 0. The zero-order valence-corrected chi connectivity index (χ0v) is 25.7. The molecule has 8 nitrogen and oxygen atoms in total. The maximum atomic E-state index is 13.2. The molecule has 1 atom stereocenters. The van der Waals surface area contributed by atoms with Gasteiger partial charge in [-0.2, -0.15) is 0 Å². The Morgan fingerprint density at radius 2 is 1.28 bits per heavy atom. The van der Waals surface area contributed by atoms with E-state index in [0.29, 0.717) is 22.8 Å². The van der Waals surface area contributed by atoms with Gasteiger partial charge in [0.2, 0.25) is 0 Å². The van der Waals surface area contributed by atoms with Gasteiger partial charge < -0.3 is 24.6 Å². The Hall–Kier alpha value is -5.58. The molecule has 242 valence electrons. The number of halogens is 3. The average Bonchev–Trinajstić information content (AvgIpc) is 3.01. The number of hydrogen-bond acceptors (Lipinski definition) is 6. The van der Waals surface area contributed by atoms with Crippen molar-refractivity contribution in [3.63, 3.8) is 0 Å². The van der Waals surface area contributed by atoms with Gasteiger partial charge in [0.15, 0.2) is 0 Å². The maximum absolute atomic E-state index is 13.2. The summed E-state index contributed by atoms with van der Waals surface area (Å²) in [5.74, 6) is -0.147. The number of aliphatic carboxylic acids is 1. The van der Waals surface area contributed by atoms with Crippen molar-refractivity contribution in [2.45, 2.75) is 45.0 Å². The Labute approximate surface area is 268 Å². The fourth-order valence-corrected chi connectivity index (χ4v) is 4.74. The topological polar surface area (TPSA) is 107 Å². The molecule has 47 heavy (non-hydrogen) atoms. The molecule has 0 bridgehead atoms. The second-order valence-electron chi connectivity index (χ2n) is 11.8. The van der Waals surface area contributed by atoms with E-state index < -0.39 is 30.7 Å². The molecular formula is C36H31F3N2O6. The monoisotopic (exact) mass is 644 g/mol. The van der Waals surface area contributed by atoms with Gasteiger partial charge in [0, 0.05) is 11.6 Å². The third-order valence-corrected chi connectivity index (χ3v) is 7.14. The number of alkyl halides is 3. The van der Waals surface area contributed by atoms with E-state index in [2.05, 4.69) is 35.8 Å². The number of rotatable bonds is 10. The van der Waals surface area contributed by atoms with E-state index in [1.807, 2.05) is 36.4 Å². The molecule has 1 unspecified atom stereocenters. The maximum Gasteiger partial charge on any atom is 0.573 e. The van der Waals surface area contributed by atoms with Gasteiger partial charge >= 0.3 is 12.3 Å². The fourth-order valence-electron chi connectivity index (χ4n) is 4.74. The zero-order chi connectivity index (χ0) is 33.8. The smallest absolute Gasteiger partial charge is 0.481 e. The molecule has 11 heteroatoms. The minimum atomic E-state index is -4.80. The van der Waals surface area contributed by atoms with Crippen molar-refractivity contribution in [1.82, 2.24) is 10.3 Å². The van der Waals surface area contributed by atoms with Crippen LogP contribution >= 0.6 is 0 Å². The van der Waals surface area contributed by atoms with E-state index in [1.54, 1.807) is 42.6 Å².